The first-order chi connectivity index (χ1) is 9.72. The van der Waals surface area contributed by atoms with E-state index in [1.807, 2.05) is 0 Å². The van der Waals surface area contributed by atoms with E-state index in [1.54, 1.807) is 0 Å². The van der Waals surface area contributed by atoms with Crippen LogP contribution in [-0.4, -0.2) is 61.0 Å². The van der Waals surface area contributed by atoms with Gasteiger partial charge in [0.05, 0.1) is 12.7 Å². The highest BCUT2D eigenvalue weighted by Gasteiger charge is 2.45. The van der Waals surface area contributed by atoms with Crippen molar-refractivity contribution in [3.63, 3.8) is 0 Å². The van der Waals surface area contributed by atoms with E-state index in [1.165, 1.54) is 25.7 Å². The Morgan fingerprint density at radius 3 is 2.65 bits per heavy atom. The van der Waals surface area contributed by atoms with Gasteiger partial charge in [0.2, 0.25) is 0 Å². The number of hydrogen-bond donors (Lipinski definition) is 2. The summed E-state index contributed by atoms with van der Waals surface area (Å²) in [5.41, 5.74) is 0.304. The molecule has 3 rings (SSSR count). The lowest BCUT2D eigenvalue weighted by Gasteiger charge is -2.42. The molecule has 3 saturated heterocycles. The molecule has 0 saturated carbocycles. The zero-order valence-electron chi connectivity index (χ0n) is 12.8. The molecule has 3 heterocycles. The van der Waals surface area contributed by atoms with Gasteiger partial charge >= 0.3 is 0 Å². The van der Waals surface area contributed by atoms with E-state index in [0.29, 0.717) is 17.5 Å². The SMILES string of the molecule is CCCNCC1(CN2C3CCC2CC(O)C3)CCOC1. The summed E-state index contributed by atoms with van der Waals surface area (Å²) in [5, 5.41) is 13.6. The van der Waals surface area contributed by atoms with Crippen molar-refractivity contribution in [2.75, 3.05) is 32.8 Å². The summed E-state index contributed by atoms with van der Waals surface area (Å²) in [5.74, 6) is 0. The van der Waals surface area contributed by atoms with Crippen LogP contribution in [0.3, 0.4) is 0 Å². The normalized spacial score (nSPS) is 41.4. The molecular formula is C16H30N2O2. The predicted octanol–water partition coefficient (Wildman–Crippen LogP) is 1.38. The zero-order chi connectivity index (χ0) is 14.0. The third-order valence-electron chi connectivity index (χ3n) is 5.49. The number of ether oxygens (including phenoxy) is 1. The van der Waals surface area contributed by atoms with E-state index < -0.39 is 0 Å². The lowest BCUT2D eigenvalue weighted by molar-refractivity contribution is 0.00664. The summed E-state index contributed by atoms with van der Waals surface area (Å²) >= 11 is 0. The van der Waals surface area contributed by atoms with E-state index in [0.717, 1.165) is 45.7 Å². The second-order valence-corrected chi connectivity index (χ2v) is 7.16. The standard InChI is InChI=1S/C16H30N2O2/c1-2-6-17-10-16(5-7-20-12-16)11-18-13-3-4-14(18)9-15(19)8-13/h13-15,17,19H,2-12H2,1H3. The van der Waals surface area contributed by atoms with Gasteiger partial charge in [-0.05, 0) is 45.1 Å². The maximum Gasteiger partial charge on any atom is 0.0570 e. The number of nitrogens with zero attached hydrogens (tertiary/aromatic N) is 1. The third-order valence-corrected chi connectivity index (χ3v) is 5.49. The van der Waals surface area contributed by atoms with Crippen LogP contribution < -0.4 is 5.32 Å². The van der Waals surface area contributed by atoms with Gasteiger partial charge in [-0.3, -0.25) is 4.90 Å². The van der Waals surface area contributed by atoms with Gasteiger partial charge in [0.1, 0.15) is 0 Å². The zero-order valence-corrected chi connectivity index (χ0v) is 12.8. The van der Waals surface area contributed by atoms with Crippen LogP contribution in [0.4, 0.5) is 0 Å². The van der Waals surface area contributed by atoms with Crippen LogP contribution in [-0.2, 0) is 4.74 Å². The molecule has 3 atom stereocenters. The van der Waals surface area contributed by atoms with Crippen LogP contribution in [0.2, 0.25) is 0 Å². The van der Waals surface area contributed by atoms with Gasteiger partial charge < -0.3 is 15.2 Å². The number of nitrogens with one attached hydrogen (secondary N) is 1. The fourth-order valence-electron chi connectivity index (χ4n) is 4.39. The number of hydrogen-bond acceptors (Lipinski definition) is 4. The molecule has 2 bridgehead atoms. The highest BCUT2D eigenvalue weighted by atomic mass is 16.5. The fraction of sp³-hybridized carbons (Fsp3) is 1.00. The van der Waals surface area contributed by atoms with Crippen LogP contribution in [0.1, 0.15) is 45.4 Å². The van der Waals surface area contributed by atoms with Gasteiger partial charge in [-0.15, -0.1) is 0 Å². The minimum Gasteiger partial charge on any atom is -0.393 e. The van der Waals surface area contributed by atoms with Gasteiger partial charge in [0.15, 0.2) is 0 Å². The largest absolute Gasteiger partial charge is 0.393 e. The summed E-state index contributed by atoms with van der Waals surface area (Å²) in [6.45, 7) is 7.39. The monoisotopic (exact) mass is 282 g/mol. The lowest BCUT2D eigenvalue weighted by Crippen LogP contribution is -2.52. The van der Waals surface area contributed by atoms with Crippen LogP contribution >= 0.6 is 0 Å². The lowest BCUT2D eigenvalue weighted by atomic mass is 9.84. The molecule has 3 fully saturated rings. The van der Waals surface area contributed by atoms with Crippen LogP contribution in [0, 0.1) is 5.41 Å². The first-order valence-corrected chi connectivity index (χ1v) is 8.45. The molecule has 2 N–H and O–H groups in total. The Balaban J connectivity index is 1.62. The third kappa shape index (κ3) is 3.03. The van der Waals surface area contributed by atoms with Crippen LogP contribution in [0.15, 0.2) is 0 Å². The van der Waals surface area contributed by atoms with Crippen molar-refractivity contribution in [3.05, 3.63) is 0 Å². The van der Waals surface area contributed by atoms with Crippen molar-refractivity contribution < 1.29 is 9.84 Å². The molecule has 0 aliphatic carbocycles. The molecule has 4 nitrogen and oxygen atoms in total. The molecule has 4 heteroatoms. The van der Waals surface area contributed by atoms with Crippen molar-refractivity contribution in [3.8, 4) is 0 Å². The average molecular weight is 282 g/mol. The molecule has 0 amide bonds. The summed E-state index contributed by atoms with van der Waals surface area (Å²) in [4.78, 5) is 2.70. The highest BCUT2D eigenvalue weighted by molar-refractivity contribution is 4.99. The Kier molecular flexibility index (Phi) is 4.65. The molecule has 0 spiro atoms. The van der Waals surface area contributed by atoms with Gasteiger partial charge in [0, 0.05) is 37.2 Å². The molecule has 0 aromatic heterocycles. The van der Waals surface area contributed by atoms with E-state index in [-0.39, 0.29) is 6.10 Å². The summed E-state index contributed by atoms with van der Waals surface area (Å²) in [6.07, 6.45) is 6.84. The molecule has 20 heavy (non-hydrogen) atoms. The van der Waals surface area contributed by atoms with Gasteiger partial charge in [-0.25, -0.2) is 0 Å². The van der Waals surface area contributed by atoms with E-state index >= 15 is 0 Å². The minimum atomic E-state index is -0.0576. The van der Waals surface area contributed by atoms with E-state index in [4.69, 9.17) is 4.74 Å². The Bertz CT molecular complexity index is 304. The number of aliphatic hydroxyl groups is 1. The molecule has 3 aliphatic rings. The first-order valence-electron chi connectivity index (χ1n) is 8.45. The van der Waals surface area contributed by atoms with Crippen LogP contribution in [0.25, 0.3) is 0 Å². The maximum atomic E-state index is 9.94. The summed E-state index contributed by atoms with van der Waals surface area (Å²) in [7, 11) is 0. The van der Waals surface area contributed by atoms with Crippen molar-refractivity contribution in [2.45, 2.75) is 63.6 Å². The molecule has 3 aliphatic heterocycles. The average Bonchev–Trinajstić information content (AvgIpc) is 2.96. The Morgan fingerprint density at radius 1 is 1.30 bits per heavy atom. The van der Waals surface area contributed by atoms with Crippen molar-refractivity contribution in [1.29, 1.82) is 0 Å². The predicted molar refractivity (Wildman–Crippen MR) is 79.8 cm³/mol. The number of aliphatic hydroxyl groups excluding tert-OH is 1. The molecule has 3 unspecified atom stereocenters. The minimum absolute atomic E-state index is 0.0576. The van der Waals surface area contributed by atoms with Crippen molar-refractivity contribution in [1.82, 2.24) is 10.2 Å². The quantitative estimate of drug-likeness (QED) is 0.723. The fourth-order valence-corrected chi connectivity index (χ4v) is 4.39. The Labute approximate surface area is 122 Å². The first kappa shape index (κ1) is 14.8. The number of rotatable bonds is 6. The van der Waals surface area contributed by atoms with Crippen molar-refractivity contribution in [2.24, 2.45) is 5.41 Å². The van der Waals surface area contributed by atoms with Gasteiger partial charge in [-0.1, -0.05) is 6.92 Å². The Hall–Kier alpha value is -0.160. The summed E-state index contributed by atoms with van der Waals surface area (Å²) in [6, 6.07) is 1.24. The Morgan fingerprint density at radius 2 is 2.05 bits per heavy atom. The van der Waals surface area contributed by atoms with E-state index in [2.05, 4.69) is 17.1 Å². The smallest absolute Gasteiger partial charge is 0.0570 e. The molecular weight excluding hydrogens is 252 g/mol. The topological polar surface area (TPSA) is 44.7 Å². The highest BCUT2D eigenvalue weighted by Crippen LogP contribution is 2.40. The maximum absolute atomic E-state index is 9.94. The molecule has 0 aromatic rings. The van der Waals surface area contributed by atoms with Gasteiger partial charge in [0.25, 0.3) is 0 Å². The number of piperidine rings is 1. The number of fused-ring (bicyclic) bond motifs is 2. The molecule has 116 valence electrons. The second-order valence-electron chi connectivity index (χ2n) is 7.16. The molecule has 0 aromatic carbocycles. The van der Waals surface area contributed by atoms with Crippen molar-refractivity contribution >= 4 is 0 Å². The second kappa shape index (κ2) is 6.30. The van der Waals surface area contributed by atoms with Crippen LogP contribution in [0.5, 0.6) is 0 Å². The van der Waals surface area contributed by atoms with E-state index in [9.17, 15) is 5.11 Å². The van der Waals surface area contributed by atoms with Gasteiger partial charge in [-0.2, -0.15) is 0 Å². The summed E-state index contributed by atoms with van der Waals surface area (Å²) < 4.78 is 5.73. The molecule has 0 radical (unpaired) electrons.